The number of ether oxygens (including phenoxy) is 1. The molecule has 4 aromatic carbocycles. The SMILES string of the molecule is COc1ccc(-c2ccc3c4ccccc4c4cc(-c5ccccn5)nc(-c5ccccn5)c4c3c2)cc1. The molecule has 0 saturated heterocycles. The van der Waals surface area contributed by atoms with Gasteiger partial charge in [0.2, 0.25) is 0 Å². The lowest BCUT2D eigenvalue weighted by Crippen LogP contribution is -1.96. The lowest BCUT2D eigenvalue weighted by Gasteiger charge is -2.16. The van der Waals surface area contributed by atoms with E-state index in [9.17, 15) is 0 Å². The van der Waals surface area contributed by atoms with Crippen molar-refractivity contribution in [3.63, 3.8) is 0 Å². The van der Waals surface area contributed by atoms with Crippen LogP contribution >= 0.6 is 0 Å². The number of nitrogens with zero attached hydrogens (tertiary/aromatic N) is 3. The summed E-state index contributed by atoms with van der Waals surface area (Å²) in [6.45, 7) is 0. The summed E-state index contributed by atoms with van der Waals surface area (Å²) < 4.78 is 5.37. The number of hydrogen-bond donors (Lipinski definition) is 0. The number of benzene rings is 4. The van der Waals surface area contributed by atoms with Gasteiger partial charge in [-0.1, -0.05) is 60.7 Å². The summed E-state index contributed by atoms with van der Waals surface area (Å²) >= 11 is 0. The van der Waals surface area contributed by atoms with Crippen LogP contribution in [0, 0.1) is 0 Å². The Bertz CT molecular complexity index is 1930. The van der Waals surface area contributed by atoms with Gasteiger partial charge in [0.25, 0.3) is 0 Å². The first kappa shape index (κ1) is 22.1. The van der Waals surface area contributed by atoms with E-state index in [-0.39, 0.29) is 0 Å². The number of rotatable bonds is 4. The average molecular weight is 490 g/mol. The number of methoxy groups -OCH3 is 1. The van der Waals surface area contributed by atoms with Crippen LogP contribution in [0.3, 0.4) is 0 Å². The Balaban J connectivity index is 1.63. The van der Waals surface area contributed by atoms with Gasteiger partial charge in [-0.05, 0) is 86.6 Å². The highest BCUT2D eigenvalue weighted by molar-refractivity contribution is 6.28. The molecule has 0 bridgehead atoms. The molecule has 0 atom stereocenters. The molecule has 180 valence electrons. The van der Waals surface area contributed by atoms with E-state index in [4.69, 9.17) is 14.7 Å². The lowest BCUT2D eigenvalue weighted by atomic mass is 9.90. The van der Waals surface area contributed by atoms with Gasteiger partial charge in [0.15, 0.2) is 0 Å². The summed E-state index contributed by atoms with van der Waals surface area (Å²) in [7, 11) is 1.69. The second-order valence-corrected chi connectivity index (χ2v) is 9.24. The minimum Gasteiger partial charge on any atom is -0.497 e. The Morgan fingerprint density at radius 3 is 1.79 bits per heavy atom. The standard InChI is InChI=1S/C34H23N3O/c1-38-24-15-12-22(13-16-24)23-14-17-27-25-8-2-3-9-26(25)29-21-32(30-10-4-6-18-35-30)37-34(33(29)28(27)20-23)31-11-5-7-19-36-31/h2-21H,1H3. The first-order valence-electron chi connectivity index (χ1n) is 12.6. The van der Waals surface area contributed by atoms with Crippen LogP contribution in [0.25, 0.3) is 66.2 Å². The van der Waals surface area contributed by atoms with E-state index >= 15 is 0 Å². The summed E-state index contributed by atoms with van der Waals surface area (Å²) in [4.78, 5) is 14.5. The maximum Gasteiger partial charge on any atom is 0.118 e. The van der Waals surface area contributed by atoms with Crippen molar-refractivity contribution in [2.24, 2.45) is 0 Å². The molecule has 0 unspecified atom stereocenters. The maximum atomic E-state index is 5.37. The van der Waals surface area contributed by atoms with Crippen LogP contribution in [0.2, 0.25) is 0 Å². The fraction of sp³-hybridized carbons (Fsp3) is 0.0294. The fourth-order valence-corrected chi connectivity index (χ4v) is 5.27. The molecular formula is C34H23N3O. The molecule has 0 aliphatic rings. The lowest BCUT2D eigenvalue weighted by molar-refractivity contribution is 0.415. The van der Waals surface area contributed by atoms with Crippen LogP contribution in [0.1, 0.15) is 0 Å². The summed E-state index contributed by atoms with van der Waals surface area (Å²) in [5.41, 5.74) is 5.62. The van der Waals surface area contributed by atoms with Crippen LogP contribution in [0.15, 0.2) is 122 Å². The van der Waals surface area contributed by atoms with Gasteiger partial charge in [-0.25, -0.2) is 4.98 Å². The zero-order valence-corrected chi connectivity index (χ0v) is 20.8. The second kappa shape index (κ2) is 9.09. The van der Waals surface area contributed by atoms with Gasteiger partial charge < -0.3 is 4.74 Å². The van der Waals surface area contributed by atoms with Crippen LogP contribution < -0.4 is 4.74 Å². The van der Waals surface area contributed by atoms with E-state index in [1.165, 1.54) is 16.2 Å². The van der Waals surface area contributed by atoms with Gasteiger partial charge in [-0.15, -0.1) is 0 Å². The number of aromatic nitrogens is 3. The quantitative estimate of drug-likeness (QED) is 0.233. The average Bonchev–Trinajstić information content (AvgIpc) is 3.01. The molecule has 3 heterocycles. The summed E-state index contributed by atoms with van der Waals surface area (Å²) in [5.74, 6) is 0.842. The Labute approximate surface area is 220 Å². The second-order valence-electron chi connectivity index (χ2n) is 9.24. The summed E-state index contributed by atoms with van der Waals surface area (Å²) in [6, 6.07) is 37.5. The smallest absolute Gasteiger partial charge is 0.118 e. The van der Waals surface area contributed by atoms with E-state index in [0.717, 1.165) is 55.8 Å². The minimum absolute atomic E-state index is 0.828. The zero-order chi connectivity index (χ0) is 25.5. The highest BCUT2D eigenvalue weighted by atomic mass is 16.5. The van der Waals surface area contributed by atoms with Crippen molar-refractivity contribution in [3.8, 4) is 39.7 Å². The molecule has 0 radical (unpaired) electrons. The highest BCUT2D eigenvalue weighted by Crippen LogP contribution is 2.42. The topological polar surface area (TPSA) is 47.9 Å². The fourth-order valence-electron chi connectivity index (χ4n) is 5.27. The molecule has 0 spiro atoms. The van der Waals surface area contributed by atoms with E-state index in [2.05, 4.69) is 65.6 Å². The Hall–Kier alpha value is -5.09. The minimum atomic E-state index is 0.828. The molecule has 38 heavy (non-hydrogen) atoms. The van der Waals surface area contributed by atoms with E-state index in [1.807, 2.05) is 54.7 Å². The van der Waals surface area contributed by atoms with Crippen molar-refractivity contribution in [1.82, 2.24) is 15.0 Å². The third kappa shape index (κ3) is 3.66. The molecule has 4 nitrogen and oxygen atoms in total. The molecule has 0 fully saturated rings. The van der Waals surface area contributed by atoms with Gasteiger partial charge in [-0.3, -0.25) is 9.97 Å². The van der Waals surface area contributed by atoms with Gasteiger partial charge >= 0.3 is 0 Å². The first-order chi connectivity index (χ1) is 18.8. The molecule has 3 aromatic heterocycles. The van der Waals surface area contributed by atoms with E-state index in [0.29, 0.717) is 0 Å². The van der Waals surface area contributed by atoms with E-state index < -0.39 is 0 Å². The Morgan fingerprint density at radius 1 is 0.500 bits per heavy atom. The monoisotopic (exact) mass is 489 g/mol. The van der Waals surface area contributed by atoms with Crippen molar-refractivity contribution >= 4 is 32.3 Å². The van der Waals surface area contributed by atoms with Crippen LogP contribution in [0.5, 0.6) is 5.75 Å². The van der Waals surface area contributed by atoms with E-state index in [1.54, 1.807) is 13.3 Å². The van der Waals surface area contributed by atoms with Crippen molar-refractivity contribution in [3.05, 3.63) is 122 Å². The largest absolute Gasteiger partial charge is 0.497 e. The molecule has 0 aliphatic carbocycles. The Kier molecular flexibility index (Phi) is 5.30. The summed E-state index contributed by atoms with van der Waals surface area (Å²) in [5, 5.41) is 6.96. The van der Waals surface area contributed by atoms with Crippen molar-refractivity contribution in [2.75, 3.05) is 7.11 Å². The van der Waals surface area contributed by atoms with Crippen molar-refractivity contribution in [2.45, 2.75) is 0 Å². The normalized spacial score (nSPS) is 11.3. The molecule has 4 heteroatoms. The molecule has 0 amide bonds. The van der Waals surface area contributed by atoms with Gasteiger partial charge in [0.05, 0.1) is 29.9 Å². The summed E-state index contributed by atoms with van der Waals surface area (Å²) in [6.07, 6.45) is 3.63. The zero-order valence-electron chi connectivity index (χ0n) is 20.8. The predicted octanol–water partition coefficient (Wildman–Crippen LogP) is 8.34. The molecule has 0 saturated carbocycles. The number of fused-ring (bicyclic) bond motifs is 6. The Morgan fingerprint density at radius 2 is 1.11 bits per heavy atom. The highest BCUT2D eigenvalue weighted by Gasteiger charge is 2.18. The number of pyridine rings is 3. The molecule has 7 aromatic rings. The molecule has 0 N–H and O–H groups in total. The molecular weight excluding hydrogens is 466 g/mol. The predicted molar refractivity (Wildman–Crippen MR) is 155 cm³/mol. The van der Waals surface area contributed by atoms with Gasteiger partial charge in [0, 0.05) is 17.8 Å². The maximum absolute atomic E-state index is 5.37. The van der Waals surface area contributed by atoms with Crippen molar-refractivity contribution < 1.29 is 4.74 Å². The van der Waals surface area contributed by atoms with Crippen LogP contribution in [0.4, 0.5) is 0 Å². The molecule has 7 rings (SSSR count). The first-order valence-corrected chi connectivity index (χ1v) is 12.6. The van der Waals surface area contributed by atoms with Crippen LogP contribution in [-0.2, 0) is 0 Å². The van der Waals surface area contributed by atoms with Crippen LogP contribution in [-0.4, -0.2) is 22.1 Å². The molecule has 0 aliphatic heterocycles. The third-order valence-electron chi connectivity index (χ3n) is 7.07. The number of hydrogen-bond acceptors (Lipinski definition) is 4. The third-order valence-corrected chi connectivity index (χ3v) is 7.07. The van der Waals surface area contributed by atoms with Crippen molar-refractivity contribution in [1.29, 1.82) is 0 Å². The van der Waals surface area contributed by atoms with Gasteiger partial charge in [-0.2, -0.15) is 0 Å². The van der Waals surface area contributed by atoms with Gasteiger partial charge in [0.1, 0.15) is 5.75 Å².